The van der Waals surface area contributed by atoms with E-state index in [-0.39, 0.29) is 5.03 Å². The van der Waals surface area contributed by atoms with Gasteiger partial charge < -0.3 is 5.32 Å². The molecule has 0 spiro atoms. The molecule has 3 N–H and O–H groups in total. The SMILES string of the molecule is CN(C)NS(=O)(=O)c1[nH]ncc1CNC1CC1. The van der Waals surface area contributed by atoms with Crippen molar-refractivity contribution >= 4 is 10.0 Å². The third-order valence-electron chi connectivity index (χ3n) is 2.41. The molecule has 1 aromatic rings. The Balaban J connectivity index is 2.11. The lowest BCUT2D eigenvalue weighted by molar-refractivity contribution is 0.363. The largest absolute Gasteiger partial charge is 0.310 e. The molecular formula is C9H17N5O2S. The normalized spacial score (nSPS) is 16.6. The van der Waals surface area contributed by atoms with Crippen molar-refractivity contribution in [2.75, 3.05) is 14.1 Å². The maximum Gasteiger partial charge on any atom is 0.270 e. The highest BCUT2D eigenvalue weighted by Gasteiger charge is 2.24. The van der Waals surface area contributed by atoms with E-state index in [1.54, 1.807) is 20.3 Å². The molecule has 0 amide bonds. The summed E-state index contributed by atoms with van der Waals surface area (Å²) < 4.78 is 23.9. The van der Waals surface area contributed by atoms with Crippen molar-refractivity contribution in [3.05, 3.63) is 11.8 Å². The molecular weight excluding hydrogens is 242 g/mol. The molecule has 0 radical (unpaired) electrons. The number of H-pyrrole nitrogens is 1. The number of aromatic nitrogens is 2. The van der Waals surface area contributed by atoms with Crippen molar-refractivity contribution in [2.24, 2.45) is 0 Å². The van der Waals surface area contributed by atoms with Gasteiger partial charge in [-0.05, 0) is 12.8 Å². The standard InChI is InChI=1S/C9H17N5O2S/c1-14(2)13-17(15,16)9-7(6-11-12-9)5-10-8-3-4-8/h6,8,10,13H,3-5H2,1-2H3,(H,11,12). The minimum atomic E-state index is -3.56. The topological polar surface area (TPSA) is 90.1 Å². The third kappa shape index (κ3) is 3.25. The molecule has 1 heterocycles. The van der Waals surface area contributed by atoms with E-state index in [2.05, 4.69) is 20.3 Å². The lowest BCUT2D eigenvalue weighted by atomic mass is 10.3. The zero-order valence-electron chi connectivity index (χ0n) is 9.90. The van der Waals surface area contributed by atoms with Gasteiger partial charge in [0.2, 0.25) is 0 Å². The first kappa shape index (κ1) is 12.5. The first-order chi connectivity index (χ1) is 7.99. The van der Waals surface area contributed by atoms with E-state index in [0.717, 1.165) is 12.8 Å². The van der Waals surface area contributed by atoms with Gasteiger partial charge in [0.1, 0.15) is 0 Å². The van der Waals surface area contributed by atoms with E-state index in [1.807, 2.05) is 0 Å². The van der Waals surface area contributed by atoms with Gasteiger partial charge in [0.25, 0.3) is 10.0 Å². The smallest absolute Gasteiger partial charge is 0.270 e. The molecule has 0 saturated heterocycles. The van der Waals surface area contributed by atoms with Crippen LogP contribution in [0.15, 0.2) is 11.2 Å². The fourth-order valence-electron chi connectivity index (χ4n) is 1.49. The molecule has 2 rings (SSSR count). The summed E-state index contributed by atoms with van der Waals surface area (Å²) in [4.78, 5) is 2.37. The highest BCUT2D eigenvalue weighted by atomic mass is 32.2. The van der Waals surface area contributed by atoms with E-state index in [0.29, 0.717) is 18.2 Å². The third-order valence-corrected chi connectivity index (χ3v) is 3.90. The molecule has 0 unspecified atom stereocenters. The van der Waals surface area contributed by atoms with Crippen LogP contribution in [0, 0.1) is 0 Å². The number of hydrogen-bond donors (Lipinski definition) is 3. The maximum absolute atomic E-state index is 11.9. The molecule has 1 aliphatic rings. The predicted molar refractivity (Wildman–Crippen MR) is 62.5 cm³/mol. The Morgan fingerprint density at radius 1 is 1.53 bits per heavy atom. The van der Waals surface area contributed by atoms with Crippen molar-refractivity contribution in [1.29, 1.82) is 0 Å². The number of rotatable bonds is 6. The number of hydrazine groups is 1. The molecule has 96 valence electrons. The highest BCUT2D eigenvalue weighted by Crippen LogP contribution is 2.20. The summed E-state index contributed by atoms with van der Waals surface area (Å²) >= 11 is 0. The second-order valence-corrected chi connectivity index (χ2v) is 5.97. The second kappa shape index (κ2) is 4.73. The monoisotopic (exact) mass is 259 g/mol. The van der Waals surface area contributed by atoms with Gasteiger partial charge in [0, 0.05) is 32.2 Å². The molecule has 0 bridgehead atoms. The van der Waals surface area contributed by atoms with Crippen molar-refractivity contribution in [3.63, 3.8) is 0 Å². The lowest BCUT2D eigenvalue weighted by Gasteiger charge is -2.12. The molecule has 0 aromatic carbocycles. The number of hydrogen-bond acceptors (Lipinski definition) is 5. The van der Waals surface area contributed by atoms with Crippen molar-refractivity contribution in [1.82, 2.24) is 25.4 Å². The van der Waals surface area contributed by atoms with Gasteiger partial charge in [-0.2, -0.15) is 5.10 Å². The average Bonchev–Trinajstić information content (AvgIpc) is 2.90. The molecule has 1 saturated carbocycles. The van der Waals surface area contributed by atoms with Gasteiger partial charge >= 0.3 is 0 Å². The summed E-state index contributed by atoms with van der Waals surface area (Å²) in [5.41, 5.74) is 0.659. The van der Waals surface area contributed by atoms with Crippen molar-refractivity contribution in [3.8, 4) is 0 Å². The van der Waals surface area contributed by atoms with Gasteiger partial charge in [-0.25, -0.2) is 13.4 Å². The molecule has 1 aromatic heterocycles. The second-order valence-electron chi connectivity index (χ2n) is 4.37. The molecule has 8 heteroatoms. The number of sulfonamides is 1. The van der Waals surface area contributed by atoms with Crippen LogP contribution in [0.1, 0.15) is 18.4 Å². The van der Waals surface area contributed by atoms with E-state index >= 15 is 0 Å². The van der Waals surface area contributed by atoms with Crippen LogP contribution in [0.4, 0.5) is 0 Å². The highest BCUT2D eigenvalue weighted by molar-refractivity contribution is 7.89. The van der Waals surface area contributed by atoms with Crippen molar-refractivity contribution < 1.29 is 8.42 Å². The molecule has 1 fully saturated rings. The quantitative estimate of drug-likeness (QED) is 0.595. The van der Waals surface area contributed by atoms with Crippen LogP contribution in [0.5, 0.6) is 0 Å². The van der Waals surface area contributed by atoms with Crippen molar-refractivity contribution in [2.45, 2.75) is 30.5 Å². The first-order valence-corrected chi connectivity index (χ1v) is 6.93. The van der Waals surface area contributed by atoms with Gasteiger partial charge in [0.15, 0.2) is 5.03 Å². The van der Waals surface area contributed by atoms with E-state index in [4.69, 9.17) is 0 Å². The first-order valence-electron chi connectivity index (χ1n) is 5.44. The number of nitrogens with one attached hydrogen (secondary N) is 3. The molecule has 17 heavy (non-hydrogen) atoms. The summed E-state index contributed by atoms with van der Waals surface area (Å²) in [5.74, 6) is 0. The summed E-state index contributed by atoms with van der Waals surface area (Å²) in [6, 6.07) is 0.530. The lowest BCUT2D eigenvalue weighted by Crippen LogP contribution is -2.37. The van der Waals surface area contributed by atoms with Crippen LogP contribution in [0.25, 0.3) is 0 Å². The fraction of sp³-hybridized carbons (Fsp3) is 0.667. The van der Waals surface area contributed by atoms with Gasteiger partial charge in [-0.1, -0.05) is 0 Å². The van der Waals surface area contributed by atoms with Crippen LogP contribution in [0.2, 0.25) is 0 Å². The average molecular weight is 259 g/mol. The summed E-state index contributed by atoms with van der Waals surface area (Å²) in [6.07, 6.45) is 3.87. The molecule has 0 atom stereocenters. The summed E-state index contributed by atoms with van der Waals surface area (Å²) in [6.45, 7) is 0.519. The minimum absolute atomic E-state index is 0.124. The predicted octanol–water partition coefficient (Wildman–Crippen LogP) is -0.583. The molecule has 0 aliphatic heterocycles. The number of nitrogens with zero attached hydrogens (tertiary/aromatic N) is 2. The van der Waals surface area contributed by atoms with Crippen LogP contribution >= 0.6 is 0 Å². The van der Waals surface area contributed by atoms with E-state index < -0.39 is 10.0 Å². The molecule has 1 aliphatic carbocycles. The van der Waals surface area contributed by atoms with E-state index in [9.17, 15) is 8.42 Å². The number of aromatic amines is 1. The Hall–Kier alpha value is -0.960. The van der Waals surface area contributed by atoms with E-state index in [1.165, 1.54) is 5.01 Å². The minimum Gasteiger partial charge on any atom is -0.310 e. The van der Waals surface area contributed by atoms with Crippen LogP contribution in [0.3, 0.4) is 0 Å². The Morgan fingerprint density at radius 3 is 2.82 bits per heavy atom. The Labute approximate surface area is 101 Å². The zero-order valence-corrected chi connectivity index (χ0v) is 10.7. The van der Waals surface area contributed by atoms with Crippen LogP contribution in [-0.2, 0) is 16.6 Å². The Morgan fingerprint density at radius 2 is 2.24 bits per heavy atom. The Kier molecular flexibility index (Phi) is 3.48. The molecule has 7 nitrogen and oxygen atoms in total. The van der Waals surface area contributed by atoms with Gasteiger partial charge in [0.05, 0.1) is 6.20 Å². The Bertz CT molecular complexity index is 477. The fourth-order valence-corrected chi connectivity index (χ4v) is 2.70. The maximum atomic E-state index is 11.9. The van der Waals surface area contributed by atoms with Gasteiger partial charge in [-0.3, -0.25) is 5.10 Å². The zero-order chi connectivity index (χ0) is 12.5. The summed E-state index contributed by atoms with van der Waals surface area (Å²) in [5, 5.41) is 11.1. The van der Waals surface area contributed by atoms with Gasteiger partial charge in [-0.15, -0.1) is 4.83 Å². The van der Waals surface area contributed by atoms with Crippen LogP contribution in [-0.4, -0.2) is 43.8 Å². The van der Waals surface area contributed by atoms with Crippen LogP contribution < -0.4 is 10.1 Å². The summed E-state index contributed by atoms with van der Waals surface area (Å²) in [7, 11) is -0.314.